The van der Waals surface area contributed by atoms with Crippen LogP contribution in [0.2, 0.25) is 0 Å². The number of hydrogen-bond acceptors (Lipinski definition) is 6. The number of nitrogens with zero attached hydrogens (tertiary/aromatic N) is 2. The van der Waals surface area contributed by atoms with Crippen molar-refractivity contribution in [3.05, 3.63) is 58.4 Å². The lowest BCUT2D eigenvalue weighted by atomic mass is 9.95. The number of hydrogen-bond donors (Lipinski definition) is 1. The zero-order chi connectivity index (χ0) is 21.2. The first-order valence-electron chi connectivity index (χ1n) is 8.95. The predicted octanol–water partition coefficient (Wildman–Crippen LogP) is 2.99. The molecule has 0 aromatic heterocycles. The maximum atomic E-state index is 13.0. The van der Waals surface area contributed by atoms with Gasteiger partial charge < -0.3 is 10.2 Å². The van der Waals surface area contributed by atoms with Crippen LogP contribution in [-0.2, 0) is 14.6 Å². The van der Waals surface area contributed by atoms with E-state index in [1.54, 1.807) is 0 Å². The number of nitrogens with one attached hydrogen (secondary N) is 1. The van der Waals surface area contributed by atoms with Crippen molar-refractivity contribution >= 4 is 32.8 Å². The van der Waals surface area contributed by atoms with Crippen molar-refractivity contribution in [3.63, 3.8) is 0 Å². The van der Waals surface area contributed by atoms with Gasteiger partial charge in [-0.05, 0) is 43.2 Å². The van der Waals surface area contributed by atoms with Gasteiger partial charge in [0.05, 0.1) is 15.5 Å². The second-order valence-corrected chi connectivity index (χ2v) is 8.92. The van der Waals surface area contributed by atoms with E-state index >= 15 is 0 Å². The number of amides is 1. The van der Waals surface area contributed by atoms with E-state index in [9.17, 15) is 27.7 Å². The fourth-order valence-corrected chi connectivity index (χ4v) is 4.25. The Kier molecular flexibility index (Phi) is 5.83. The highest BCUT2D eigenvalue weighted by Gasteiger charge is 2.28. The molecule has 3 rings (SSSR count). The van der Waals surface area contributed by atoms with Crippen LogP contribution in [0.1, 0.15) is 12.8 Å². The van der Waals surface area contributed by atoms with Crippen LogP contribution in [0, 0.1) is 21.8 Å². The zero-order valence-electron chi connectivity index (χ0n) is 15.7. The highest BCUT2D eigenvalue weighted by molar-refractivity contribution is 7.90. The summed E-state index contributed by atoms with van der Waals surface area (Å²) in [5, 5.41) is 13.7. The highest BCUT2D eigenvalue weighted by atomic mass is 32.2. The van der Waals surface area contributed by atoms with Crippen molar-refractivity contribution in [2.24, 2.45) is 5.92 Å². The SMILES string of the molecule is CS(=O)(=O)c1cc([N+](=O)[O-])ccc1N1CCC(C(=O)Nc2ccc(F)cc2)CC1. The maximum absolute atomic E-state index is 13.0. The number of non-ortho nitro benzene ring substituents is 1. The van der Waals surface area contributed by atoms with Crippen LogP contribution in [0.15, 0.2) is 47.4 Å². The summed E-state index contributed by atoms with van der Waals surface area (Å²) < 4.78 is 37.2. The molecule has 0 aliphatic carbocycles. The number of carbonyl (C=O) groups excluding carboxylic acids is 1. The predicted molar refractivity (Wildman–Crippen MR) is 106 cm³/mol. The molecule has 0 atom stereocenters. The highest BCUT2D eigenvalue weighted by Crippen LogP contribution is 2.32. The number of benzene rings is 2. The van der Waals surface area contributed by atoms with Crippen molar-refractivity contribution in [2.75, 3.05) is 29.6 Å². The van der Waals surface area contributed by atoms with Crippen molar-refractivity contribution in [1.82, 2.24) is 0 Å². The number of nitro benzene ring substituents is 1. The van der Waals surface area contributed by atoms with Crippen LogP contribution in [0.25, 0.3) is 0 Å². The second kappa shape index (κ2) is 8.16. The van der Waals surface area contributed by atoms with Crippen LogP contribution < -0.4 is 10.2 Å². The molecule has 10 heteroatoms. The third kappa shape index (κ3) is 4.89. The topological polar surface area (TPSA) is 110 Å². The first kappa shape index (κ1) is 20.7. The summed E-state index contributed by atoms with van der Waals surface area (Å²) in [4.78, 5) is 24.5. The van der Waals surface area contributed by atoms with Gasteiger partial charge >= 0.3 is 0 Å². The van der Waals surface area contributed by atoms with Crippen LogP contribution in [-0.4, -0.2) is 38.6 Å². The second-order valence-electron chi connectivity index (χ2n) is 6.94. The molecule has 1 N–H and O–H groups in total. The van der Waals surface area contributed by atoms with E-state index in [-0.39, 0.29) is 28.2 Å². The lowest BCUT2D eigenvalue weighted by Gasteiger charge is -2.33. The number of carbonyl (C=O) groups is 1. The number of anilines is 2. The van der Waals surface area contributed by atoms with Gasteiger partial charge in [-0.15, -0.1) is 0 Å². The molecule has 2 aromatic rings. The van der Waals surface area contributed by atoms with Gasteiger partial charge in [0.1, 0.15) is 5.82 Å². The van der Waals surface area contributed by atoms with Gasteiger partial charge in [-0.2, -0.15) is 0 Å². The van der Waals surface area contributed by atoms with Crippen molar-refractivity contribution < 1.29 is 22.5 Å². The summed E-state index contributed by atoms with van der Waals surface area (Å²) in [6.07, 6.45) is 2.00. The molecule has 1 heterocycles. The lowest BCUT2D eigenvalue weighted by Crippen LogP contribution is -2.38. The van der Waals surface area contributed by atoms with Crippen LogP contribution in [0.3, 0.4) is 0 Å². The Morgan fingerprint density at radius 2 is 1.79 bits per heavy atom. The van der Waals surface area contributed by atoms with E-state index in [1.807, 2.05) is 4.90 Å². The molecule has 8 nitrogen and oxygen atoms in total. The maximum Gasteiger partial charge on any atom is 0.270 e. The Morgan fingerprint density at radius 3 is 2.34 bits per heavy atom. The van der Waals surface area contributed by atoms with E-state index in [1.165, 1.54) is 36.4 Å². The van der Waals surface area contributed by atoms with Gasteiger partial charge in [-0.25, -0.2) is 12.8 Å². The molecule has 0 saturated carbocycles. The minimum absolute atomic E-state index is 0.0964. The number of nitro groups is 1. The molecule has 1 aliphatic heterocycles. The summed E-state index contributed by atoms with van der Waals surface area (Å²) in [5.74, 6) is -0.833. The third-order valence-corrected chi connectivity index (χ3v) is 6.00. The Morgan fingerprint density at radius 1 is 1.17 bits per heavy atom. The Labute approximate surface area is 167 Å². The van der Waals surface area contributed by atoms with Crippen molar-refractivity contribution in [1.29, 1.82) is 0 Å². The zero-order valence-corrected chi connectivity index (χ0v) is 16.5. The summed E-state index contributed by atoms with van der Waals surface area (Å²) in [5.41, 5.74) is 0.617. The molecular weight excluding hydrogens is 401 g/mol. The fraction of sp³-hybridized carbons (Fsp3) is 0.316. The molecule has 0 spiro atoms. The van der Waals surface area contributed by atoms with E-state index in [0.29, 0.717) is 37.3 Å². The normalized spacial score (nSPS) is 15.2. The quantitative estimate of drug-likeness (QED) is 0.587. The van der Waals surface area contributed by atoms with Crippen molar-refractivity contribution in [3.8, 4) is 0 Å². The molecule has 0 radical (unpaired) electrons. The summed E-state index contributed by atoms with van der Waals surface area (Å²) in [6, 6.07) is 9.27. The molecule has 2 aromatic carbocycles. The van der Waals surface area contributed by atoms with Gasteiger partial charge in [0.2, 0.25) is 5.91 Å². The van der Waals surface area contributed by atoms with E-state index in [4.69, 9.17) is 0 Å². The minimum atomic E-state index is -3.67. The Hall–Kier alpha value is -3.01. The van der Waals surface area contributed by atoms with Crippen molar-refractivity contribution in [2.45, 2.75) is 17.7 Å². The van der Waals surface area contributed by atoms with Gasteiger partial charge in [-0.1, -0.05) is 0 Å². The summed E-state index contributed by atoms with van der Waals surface area (Å²) in [7, 11) is -3.67. The van der Waals surface area contributed by atoms with Gasteiger partial charge in [0, 0.05) is 43.1 Å². The average Bonchev–Trinajstić information content (AvgIpc) is 2.68. The Balaban J connectivity index is 1.71. The van der Waals surface area contributed by atoms with E-state index in [0.717, 1.165) is 12.3 Å². The van der Waals surface area contributed by atoms with Gasteiger partial charge in [0.25, 0.3) is 5.69 Å². The third-order valence-electron chi connectivity index (χ3n) is 4.87. The molecule has 154 valence electrons. The number of piperidine rings is 1. The van der Waals surface area contributed by atoms with Crippen LogP contribution in [0.5, 0.6) is 0 Å². The smallest absolute Gasteiger partial charge is 0.270 e. The monoisotopic (exact) mass is 421 g/mol. The largest absolute Gasteiger partial charge is 0.370 e. The molecule has 29 heavy (non-hydrogen) atoms. The fourth-order valence-electron chi connectivity index (χ4n) is 3.33. The number of halogens is 1. The molecule has 1 fully saturated rings. The number of rotatable bonds is 5. The first-order chi connectivity index (χ1) is 13.6. The molecule has 0 bridgehead atoms. The van der Waals surface area contributed by atoms with Gasteiger partial charge in [-0.3, -0.25) is 14.9 Å². The van der Waals surface area contributed by atoms with Crippen LogP contribution in [0.4, 0.5) is 21.5 Å². The first-order valence-corrected chi connectivity index (χ1v) is 10.8. The Bertz CT molecular complexity index is 1030. The van der Waals surface area contributed by atoms with E-state index in [2.05, 4.69) is 5.32 Å². The summed E-state index contributed by atoms with van der Waals surface area (Å²) >= 11 is 0. The molecule has 1 aliphatic rings. The van der Waals surface area contributed by atoms with E-state index < -0.39 is 14.8 Å². The number of sulfone groups is 1. The van der Waals surface area contributed by atoms with Crippen LogP contribution >= 0.6 is 0 Å². The molecule has 1 amide bonds. The lowest BCUT2D eigenvalue weighted by molar-refractivity contribution is -0.385. The summed E-state index contributed by atoms with van der Waals surface area (Å²) in [6.45, 7) is 0.865. The molecule has 0 unspecified atom stereocenters. The van der Waals surface area contributed by atoms with Gasteiger partial charge in [0.15, 0.2) is 9.84 Å². The standard InChI is InChI=1S/C19H20FN3O5S/c1-29(27,28)18-12-16(23(25)26)6-7-17(18)22-10-8-13(9-11-22)19(24)21-15-4-2-14(20)3-5-15/h2-7,12-13H,8-11H2,1H3,(H,21,24). The minimum Gasteiger partial charge on any atom is -0.370 e. The molecule has 1 saturated heterocycles. The average molecular weight is 421 g/mol. The molecular formula is C19H20FN3O5S.